The summed E-state index contributed by atoms with van der Waals surface area (Å²) in [4.78, 5) is 0. The average molecular weight is 335 g/mol. The Morgan fingerprint density at radius 1 is 1.00 bits per heavy atom. The minimum Gasteiger partial charge on any atom is -0.286 e. The molecule has 5 nitrogen and oxygen atoms in total. The fourth-order valence-electron chi connectivity index (χ4n) is 2.94. The topological polar surface area (TPSA) is 54.4 Å². The van der Waals surface area contributed by atoms with Gasteiger partial charge >= 0.3 is 0 Å². The van der Waals surface area contributed by atoms with E-state index in [0.29, 0.717) is 0 Å². The smallest absolute Gasteiger partial charge is 0.264 e. The fourth-order valence-corrected chi connectivity index (χ4v) is 3.66. The highest BCUT2D eigenvalue weighted by molar-refractivity contribution is 7.85. The van der Waals surface area contributed by atoms with Gasteiger partial charge in [0.1, 0.15) is 26.2 Å². The first-order chi connectivity index (χ1) is 8.80. The summed E-state index contributed by atoms with van der Waals surface area (Å²) < 4.78 is 29.4. The number of hydrogen-bond donors (Lipinski definition) is 1. The summed E-state index contributed by atoms with van der Waals surface area (Å²) in [5, 5.41) is 0. The van der Waals surface area contributed by atoms with Gasteiger partial charge in [-0.3, -0.25) is 13.5 Å². The Hall–Kier alpha value is 0.410. The van der Waals surface area contributed by atoms with E-state index in [1.807, 2.05) is 0 Å². The Balaban J connectivity index is 0.000000258. The monoisotopic (exact) mass is 334 g/mol. The van der Waals surface area contributed by atoms with Crippen molar-refractivity contribution < 1.29 is 21.9 Å². The summed E-state index contributed by atoms with van der Waals surface area (Å²) in [6.07, 6.45) is 0. The number of fused-ring (bicyclic) bond motifs is 2. The minimum absolute atomic E-state index is 0.201. The van der Waals surface area contributed by atoms with Crippen molar-refractivity contribution in [3.8, 4) is 0 Å². The third-order valence-corrected chi connectivity index (χ3v) is 5.25. The molecule has 0 aromatic rings. The number of quaternary nitrogens is 2. The van der Waals surface area contributed by atoms with Crippen LogP contribution in [0.25, 0.3) is 0 Å². The molecular formula is C11H24Cl2N2O3S+2. The van der Waals surface area contributed by atoms with Crippen LogP contribution in [0.3, 0.4) is 0 Å². The van der Waals surface area contributed by atoms with Gasteiger partial charge in [0.2, 0.25) is 6.67 Å². The Labute approximate surface area is 126 Å². The summed E-state index contributed by atoms with van der Waals surface area (Å²) in [6.45, 7) is 10.3. The van der Waals surface area contributed by atoms with Gasteiger partial charge in [-0.1, -0.05) is 0 Å². The van der Waals surface area contributed by atoms with Crippen LogP contribution in [0.15, 0.2) is 0 Å². The molecule has 0 aliphatic carbocycles. The van der Waals surface area contributed by atoms with Crippen molar-refractivity contribution in [2.24, 2.45) is 0 Å². The van der Waals surface area contributed by atoms with E-state index >= 15 is 0 Å². The van der Waals surface area contributed by atoms with Crippen LogP contribution in [-0.2, 0) is 10.1 Å². The van der Waals surface area contributed by atoms with Crippen LogP contribution in [0.4, 0.5) is 0 Å². The summed E-state index contributed by atoms with van der Waals surface area (Å²) in [5.41, 5.74) is 0. The van der Waals surface area contributed by atoms with Gasteiger partial charge in [0.15, 0.2) is 0 Å². The largest absolute Gasteiger partial charge is 0.286 e. The van der Waals surface area contributed by atoms with Crippen LogP contribution in [0.2, 0.25) is 0 Å². The lowest BCUT2D eigenvalue weighted by Crippen LogP contribution is -2.48. The number of halogens is 2. The van der Waals surface area contributed by atoms with Gasteiger partial charge in [0.05, 0.1) is 30.6 Å². The van der Waals surface area contributed by atoms with Crippen molar-refractivity contribution >= 4 is 33.3 Å². The van der Waals surface area contributed by atoms with E-state index in [1.165, 1.54) is 48.7 Å². The van der Waals surface area contributed by atoms with Gasteiger partial charge in [-0.05, 0) is 6.92 Å². The molecule has 2 aliphatic heterocycles. The molecule has 0 spiro atoms. The molecule has 0 aromatic carbocycles. The quantitative estimate of drug-likeness (QED) is 0.463. The SMILES string of the molecule is CCS(=O)(=O)O.ClCC[N+]12CC[N+](CCCl)(CC1)C2. The van der Waals surface area contributed by atoms with Crippen molar-refractivity contribution in [1.82, 2.24) is 0 Å². The normalized spacial score (nSPS) is 33.1. The van der Waals surface area contributed by atoms with Crippen LogP contribution >= 0.6 is 23.2 Å². The molecule has 8 heteroatoms. The number of piperazine rings is 1. The third-order valence-electron chi connectivity index (χ3n) is 4.18. The first kappa shape index (κ1) is 17.5. The van der Waals surface area contributed by atoms with E-state index in [9.17, 15) is 8.42 Å². The maximum atomic E-state index is 9.56. The summed E-state index contributed by atoms with van der Waals surface area (Å²) >= 11 is 11.7. The number of hydrogen-bond acceptors (Lipinski definition) is 2. The molecule has 2 rings (SSSR count). The van der Waals surface area contributed by atoms with Crippen molar-refractivity contribution in [3.05, 3.63) is 0 Å². The second-order valence-corrected chi connectivity index (χ2v) is 7.91. The van der Waals surface area contributed by atoms with E-state index in [0.717, 1.165) is 24.8 Å². The van der Waals surface area contributed by atoms with Gasteiger partial charge in [-0.25, -0.2) is 0 Å². The van der Waals surface area contributed by atoms with Gasteiger partial charge in [0.25, 0.3) is 10.1 Å². The Morgan fingerprint density at radius 3 is 1.53 bits per heavy atom. The maximum absolute atomic E-state index is 9.56. The molecule has 0 unspecified atom stereocenters. The molecule has 2 fully saturated rings. The fraction of sp³-hybridized carbons (Fsp3) is 1.00. The van der Waals surface area contributed by atoms with Crippen molar-refractivity contribution in [2.45, 2.75) is 6.92 Å². The van der Waals surface area contributed by atoms with Crippen molar-refractivity contribution in [1.29, 1.82) is 0 Å². The first-order valence-corrected chi connectivity index (χ1v) is 9.25. The van der Waals surface area contributed by atoms with E-state index in [2.05, 4.69) is 0 Å². The summed E-state index contributed by atoms with van der Waals surface area (Å²) in [6, 6.07) is 0. The molecule has 2 saturated heterocycles. The lowest BCUT2D eigenvalue weighted by atomic mass is 10.3. The van der Waals surface area contributed by atoms with Crippen LogP contribution in [0.1, 0.15) is 6.92 Å². The molecule has 0 radical (unpaired) electrons. The second kappa shape index (κ2) is 6.91. The van der Waals surface area contributed by atoms with Crippen LogP contribution < -0.4 is 0 Å². The van der Waals surface area contributed by atoms with Gasteiger partial charge in [-0.15, -0.1) is 23.2 Å². The van der Waals surface area contributed by atoms with Crippen LogP contribution in [-0.4, -0.2) is 85.4 Å². The number of nitrogens with zero attached hydrogens (tertiary/aromatic N) is 2. The third kappa shape index (κ3) is 5.02. The molecule has 2 aliphatic rings. The highest BCUT2D eigenvalue weighted by atomic mass is 35.5. The molecule has 0 amide bonds. The lowest BCUT2D eigenvalue weighted by Gasteiger charge is -2.26. The first-order valence-electron chi connectivity index (χ1n) is 6.58. The van der Waals surface area contributed by atoms with Gasteiger partial charge in [0, 0.05) is 0 Å². The molecule has 19 heavy (non-hydrogen) atoms. The van der Waals surface area contributed by atoms with Crippen molar-refractivity contribution in [2.75, 3.05) is 63.5 Å². The molecule has 2 heterocycles. The Morgan fingerprint density at radius 2 is 1.32 bits per heavy atom. The number of rotatable bonds is 5. The number of alkyl halides is 2. The van der Waals surface area contributed by atoms with E-state index in [-0.39, 0.29) is 5.75 Å². The predicted molar refractivity (Wildman–Crippen MR) is 78.1 cm³/mol. The zero-order valence-corrected chi connectivity index (χ0v) is 13.7. The summed E-state index contributed by atoms with van der Waals surface area (Å²) in [7, 11) is -3.66. The molecule has 0 atom stereocenters. The Bertz CT molecular complexity index is 361. The molecule has 0 aromatic heterocycles. The predicted octanol–water partition coefficient (Wildman–Crippen LogP) is 0.976. The maximum Gasteiger partial charge on any atom is 0.264 e. The highest BCUT2D eigenvalue weighted by Crippen LogP contribution is 2.31. The van der Waals surface area contributed by atoms with E-state index in [4.69, 9.17) is 27.8 Å². The molecule has 114 valence electrons. The van der Waals surface area contributed by atoms with Gasteiger partial charge < -0.3 is 0 Å². The second-order valence-electron chi connectivity index (χ2n) is 5.41. The molecule has 1 N–H and O–H groups in total. The van der Waals surface area contributed by atoms with Crippen molar-refractivity contribution in [3.63, 3.8) is 0 Å². The lowest BCUT2D eigenvalue weighted by molar-refractivity contribution is -0.985. The Kier molecular flexibility index (Phi) is 6.35. The standard InChI is InChI=1S/C9H18Cl2N2.C2H6O3S/c10-1-3-12-5-7-13(9-12,4-2-11)8-6-12;1-2-6(3,4)5/h1-9H2;2H2,1H3,(H,3,4,5)/q+2;. The highest BCUT2D eigenvalue weighted by Gasteiger charge is 2.54. The van der Waals surface area contributed by atoms with E-state index in [1.54, 1.807) is 0 Å². The molecular weight excluding hydrogens is 311 g/mol. The van der Waals surface area contributed by atoms with Gasteiger partial charge in [-0.2, -0.15) is 8.42 Å². The van der Waals surface area contributed by atoms with Crippen LogP contribution in [0.5, 0.6) is 0 Å². The molecule has 2 bridgehead atoms. The van der Waals surface area contributed by atoms with E-state index < -0.39 is 10.1 Å². The zero-order chi connectivity index (χ0) is 14.6. The summed E-state index contributed by atoms with van der Waals surface area (Å²) in [5.74, 6) is 1.41. The van der Waals surface area contributed by atoms with Crippen LogP contribution in [0, 0.1) is 0 Å². The zero-order valence-electron chi connectivity index (χ0n) is 11.4. The molecule has 0 saturated carbocycles. The minimum atomic E-state index is -3.66. The average Bonchev–Trinajstić information content (AvgIpc) is 2.85.